The summed E-state index contributed by atoms with van der Waals surface area (Å²) in [4.78, 5) is 8.24. The first kappa shape index (κ1) is 12.8. The fourth-order valence-corrected chi connectivity index (χ4v) is 1.93. The molecule has 2 aromatic heterocycles. The van der Waals surface area contributed by atoms with Crippen molar-refractivity contribution in [3.8, 4) is 0 Å². The van der Waals surface area contributed by atoms with E-state index in [1.807, 2.05) is 12.1 Å². The van der Waals surface area contributed by atoms with Gasteiger partial charge in [0, 0.05) is 5.02 Å². The maximum Gasteiger partial charge on any atom is 0.171 e. The van der Waals surface area contributed by atoms with Crippen LogP contribution in [0, 0.1) is 0 Å². The van der Waals surface area contributed by atoms with Gasteiger partial charge in [-0.2, -0.15) is 10.2 Å². The first-order valence-corrected chi connectivity index (χ1v) is 6.35. The van der Waals surface area contributed by atoms with Crippen molar-refractivity contribution in [2.24, 2.45) is 5.73 Å². The van der Waals surface area contributed by atoms with E-state index in [-0.39, 0.29) is 0 Å². The zero-order valence-electron chi connectivity index (χ0n) is 10.4. The molecule has 3 rings (SSSR count). The van der Waals surface area contributed by atoms with Crippen molar-refractivity contribution in [1.82, 2.24) is 29.9 Å². The van der Waals surface area contributed by atoms with E-state index in [0.29, 0.717) is 23.2 Å². The highest BCUT2D eigenvalue weighted by Gasteiger charge is 2.14. The van der Waals surface area contributed by atoms with Gasteiger partial charge in [-0.1, -0.05) is 23.7 Å². The van der Waals surface area contributed by atoms with Gasteiger partial charge >= 0.3 is 0 Å². The molecule has 0 bridgehead atoms. The Balaban J connectivity index is 1.77. The third-order valence-corrected chi connectivity index (χ3v) is 3.09. The minimum atomic E-state index is -0.395. The summed E-state index contributed by atoms with van der Waals surface area (Å²) in [6.07, 6.45) is 3.08. The van der Waals surface area contributed by atoms with Gasteiger partial charge in [-0.05, 0) is 17.7 Å². The van der Waals surface area contributed by atoms with E-state index in [1.54, 1.807) is 23.1 Å². The monoisotopic (exact) mass is 289 g/mol. The van der Waals surface area contributed by atoms with E-state index >= 15 is 0 Å². The zero-order chi connectivity index (χ0) is 13.9. The number of nitrogens with two attached hydrogens (primary N) is 1. The van der Waals surface area contributed by atoms with Crippen LogP contribution in [-0.4, -0.2) is 29.9 Å². The first-order chi connectivity index (χ1) is 9.72. The highest BCUT2D eigenvalue weighted by Crippen LogP contribution is 2.18. The van der Waals surface area contributed by atoms with Crippen LogP contribution in [0.2, 0.25) is 5.02 Å². The molecule has 8 heteroatoms. The van der Waals surface area contributed by atoms with Crippen LogP contribution >= 0.6 is 11.6 Å². The topological polar surface area (TPSA) is 98.3 Å². The first-order valence-electron chi connectivity index (χ1n) is 5.97. The number of nitrogens with zero attached hydrogens (tertiary/aromatic N) is 5. The van der Waals surface area contributed by atoms with Crippen LogP contribution in [0.1, 0.15) is 23.3 Å². The normalized spacial score (nSPS) is 12.5. The third-order valence-electron chi connectivity index (χ3n) is 2.83. The summed E-state index contributed by atoms with van der Waals surface area (Å²) in [6, 6.07) is 6.91. The molecule has 0 unspecified atom stereocenters. The molecule has 0 saturated carbocycles. The van der Waals surface area contributed by atoms with E-state index in [4.69, 9.17) is 17.3 Å². The molecule has 3 N–H and O–H groups in total. The smallest absolute Gasteiger partial charge is 0.171 e. The summed E-state index contributed by atoms with van der Waals surface area (Å²) in [7, 11) is 0. The Morgan fingerprint density at radius 1 is 1.30 bits per heavy atom. The van der Waals surface area contributed by atoms with Crippen molar-refractivity contribution < 1.29 is 0 Å². The number of rotatable bonds is 4. The van der Waals surface area contributed by atoms with Gasteiger partial charge in [-0.3, -0.25) is 5.10 Å². The molecule has 0 aliphatic carbocycles. The van der Waals surface area contributed by atoms with Gasteiger partial charge in [0.25, 0.3) is 0 Å². The molecule has 3 aromatic rings. The molecule has 20 heavy (non-hydrogen) atoms. The number of hydrogen-bond acceptors (Lipinski definition) is 5. The number of hydrogen-bond donors (Lipinski definition) is 2. The predicted molar refractivity (Wildman–Crippen MR) is 73.0 cm³/mol. The maximum absolute atomic E-state index is 6.13. The lowest BCUT2D eigenvalue weighted by atomic mass is 10.1. The molecule has 7 nitrogen and oxygen atoms in total. The van der Waals surface area contributed by atoms with Gasteiger partial charge in [0.2, 0.25) is 0 Å². The van der Waals surface area contributed by atoms with E-state index < -0.39 is 6.04 Å². The molecule has 1 aromatic carbocycles. The molecule has 0 radical (unpaired) electrons. The van der Waals surface area contributed by atoms with Crippen LogP contribution in [-0.2, 0) is 6.54 Å². The van der Waals surface area contributed by atoms with Crippen molar-refractivity contribution in [2.45, 2.75) is 12.6 Å². The van der Waals surface area contributed by atoms with E-state index in [9.17, 15) is 0 Å². The molecule has 102 valence electrons. The number of aromatic amines is 1. The Morgan fingerprint density at radius 3 is 2.80 bits per heavy atom. The Labute approximate surface area is 119 Å². The minimum Gasteiger partial charge on any atom is -0.318 e. The standard InChI is InChI=1S/C12H12ClN7/c13-9-3-1-8(2-4-9)11(14)12-17-10(18-19-12)5-20-7-15-6-16-20/h1-4,6-7,11H,5,14H2,(H,17,18,19)/t11-/m1/s1. The Morgan fingerprint density at radius 2 is 2.10 bits per heavy atom. The van der Waals surface area contributed by atoms with E-state index in [0.717, 1.165) is 5.56 Å². The third kappa shape index (κ3) is 2.68. The fourth-order valence-electron chi connectivity index (χ4n) is 1.81. The highest BCUT2D eigenvalue weighted by atomic mass is 35.5. The minimum absolute atomic E-state index is 0.395. The van der Waals surface area contributed by atoms with Crippen molar-refractivity contribution in [1.29, 1.82) is 0 Å². The van der Waals surface area contributed by atoms with Crippen LogP contribution in [0.4, 0.5) is 0 Å². The summed E-state index contributed by atoms with van der Waals surface area (Å²) in [5.74, 6) is 1.21. The summed E-state index contributed by atoms with van der Waals surface area (Å²) in [5.41, 5.74) is 7.03. The summed E-state index contributed by atoms with van der Waals surface area (Å²) < 4.78 is 1.65. The Bertz CT molecular complexity index is 674. The van der Waals surface area contributed by atoms with Gasteiger partial charge in [0.05, 0.1) is 6.04 Å². The molecule has 0 saturated heterocycles. The van der Waals surface area contributed by atoms with Crippen molar-refractivity contribution in [3.05, 3.63) is 59.2 Å². The average molecular weight is 290 g/mol. The zero-order valence-corrected chi connectivity index (χ0v) is 11.2. The number of halogens is 1. The lowest BCUT2D eigenvalue weighted by Crippen LogP contribution is -2.13. The maximum atomic E-state index is 6.13. The molecule has 0 spiro atoms. The van der Waals surface area contributed by atoms with Gasteiger partial charge in [-0.25, -0.2) is 14.6 Å². The van der Waals surface area contributed by atoms with Gasteiger partial charge in [0.15, 0.2) is 5.82 Å². The van der Waals surface area contributed by atoms with Gasteiger partial charge in [-0.15, -0.1) is 0 Å². The van der Waals surface area contributed by atoms with Crippen LogP contribution in [0.25, 0.3) is 0 Å². The summed E-state index contributed by atoms with van der Waals surface area (Å²) >= 11 is 5.85. The van der Waals surface area contributed by atoms with Crippen LogP contribution < -0.4 is 5.73 Å². The molecule has 1 atom stereocenters. The molecule has 0 aliphatic heterocycles. The summed E-state index contributed by atoms with van der Waals surface area (Å²) in [6.45, 7) is 0.473. The quantitative estimate of drug-likeness (QED) is 0.750. The molecule has 2 heterocycles. The van der Waals surface area contributed by atoms with Gasteiger partial charge in [0.1, 0.15) is 25.0 Å². The number of aromatic nitrogens is 6. The number of benzene rings is 1. The van der Waals surface area contributed by atoms with Gasteiger partial charge < -0.3 is 5.73 Å². The molecule has 0 aliphatic rings. The molecular weight excluding hydrogens is 278 g/mol. The van der Waals surface area contributed by atoms with Crippen molar-refractivity contribution in [2.75, 3.05) is 0 Å². The largest absolute Gasteiger partial charge is 0.318 e. The SMILES string of the molecule is N[C@H](c1ccc(Cl)cc1)c1n[nH]c(Cn2cncn2)n1. The lowest BCUT2D eigenvalue weighted by Gasteiger charge is -2.07. The van der Waals surface area contributed by atoms with Crippen LogP contribution in [0.15, 0.2) is 36.9 Å². The second-order valence-electron chi connectivity index (χ2n) is 4.26. The van der Waals surface area contributed by atoms with Crippen molar-refractivity contribution >= 4 is 11.6 Å². The van der Waals surface area contributed by atoms with Crippen LogP contribution in [0.5, 0.6) is 0 Å². The second kappa shape index (κ2) is 5.40. The predicted octanol–water partition coefficient (Wildman–Crippen LogP) is 1.15. The Kier molecular flexibility index (Phi) is 3.44. The van der Waals surface area contributed by atoms with E-state index in [2.05, 4.69) is 25.3 Å². The number of nitrogens with one attached hydrogen (secondary N) is 1. The Hall–Kier alpha value is -2.25. The average Bonchev–Trinajstić information content (AvgIpc) is 3.11. The molecular formula is C12H12ClN7. The van der Waals surface area contributed by atoms with Crippen LogP contribution in [0.3, 0.4) is 0 Å². The lowest BCUT2D eigenvalue weighted by molar-refractivity contribution is 0.655. The molecule has 0 amide bonds. The number of H-pyrrole nitrogens is 1. The molecule has 0 fully saturated rings. The highest BCUT2D eigenvalue weighted by molar-refractivity contribution is 6.30. The fraction of sp³-hybridized carbons (Fsp3) is 0.167. The second-order valence-corrected chi connectivity index (χ2v) is 4.70. The summed E-state index contributed by atoms with van der Waals surface area (Å²) in [5, 5.41) is 11.7. The van der Waals surface area contributed by atoms with Crippen molar-refractivity contribution in [3.63, 3.8) is 0 Å². The van der Waals surface area contributed by atoms with E-state index in [1.165, 1.54) is 6.33 Å².